The number of aromatic amines is 1. The fourth-order valence-electron chi connectivity index (χ4n) is 1.55. The van der Waals surface area contributed by atoms with Crippen LogP contribution in [0.4, 0.5) is 5.82 Å². The number of sulfonamides is 1. The first-order valence-corrected chi connectivity index (χ1v) is 7.69. The van der Waals surface area contributed by atoms with Gasteiger partial charge in [-0.3, -0.25) is 9.82 Å². The number of hydrogen-bond donors (Lipinski definition) is 2. The lowest BCUT2D eigenvalue weighted by Crippen LogP contribution is -2.14. The number of anilines is 1. The smallest absolute Gasteiger partial charge is 0.264 e. The van der Waals surface area contributed by atoms with E-state index in [1.165, 1.54) is 38.6 Å². The molecule has 0 aliphatic heterocycles. The van der Waals surface area contributed by atoms with Crippen molar-refractivity contribution in [3.63, 3.8) is 0 Å². The molecule has 0 radical (unpaired) electrons. The van der Waals surface area contributed by atoms with Crippen molar-refractivity contribution in [1.29, 1.82) is 0 Å². The van der Waals surface area contributed by atoms with Crippen molar-refractivity contribution in [2.24, 2.45) is 0 Å². The molecule has 0 saturated heterocycles. The highest BCUT2D eigenvalue weighted by Crippen LogP contribution is 2.35. The zero-order chi connectivity index (χ0) is 14.8. The Morgan fingerprint density at radius 2 is 1.90 bits per heavy atom. The highest BCUT2D eigenvalue weighted by Gasteiger charge is 2.21. The van der Waals surface area contributed by atoms with Crippen LogP contribution in [-0.4, -0.2) is 32.8 Å². The fraction of sp³-hybridized carbons (Fsp3) is 0.182. The van der Waals surface area contributed by atoms with Gasteiger partial charge in [-0.2, -0.15) is 5.10 Å². The minimum atomic E-state index is -3.78. The van der Waals surface area contributed by atoms with Gasteiger partial charge in [-0.15, -0.1) is 0 Å². The summed E-state index contributed by atoms with van der Waals surface area (Å²) >= 11 is 3.21. The molecule has 2 rings (SSSR count). The van der Waals surface area contributed by atoms with Gasteiger partial charge in [-0.25, -0.2) is 8.42 Å². The first kappa shape index (κ1) is 14.7. The number of nitrogens with one attached hydrogen (secondary N) is 2. The lowest BCUT2D eigenvalue weighted by molar-refractivity contribution is 0.353. The van der Waals surface area contributed by atoms with Crippen molar-refractivity contribution in [3.8, 4) is 11.5 Å². The van der Waals surface area contributed by atoms with Crippen LogP contribution in [0.15, 0.2) is 33.8 Å². The van der Waals surface area contributed by atoms with Crippen LogP contribution in [-0.2, 0) is 10.0 Å². The maximum atomic E-state index is 12.3. The molecule has 108 valence electrons. The fourth-order valence-corrected chi connectivity index (χ4v) is 3.61. The molecule has 0 fully saturated rings. The number of benzene rings is 1. The maximum absolute atomic E-state index is 12.3. The third-order valence-corrected chi connectivity index (χ3v) is 4.80. The molecule has 20 heavy (non-hydrogen) atoms. The van der Waals surface area contributed by atoms with Gasteiger partial charge in [0.15, 0.2) is 11.5 Å². The molecule has 9 heteroatoms. The zero-order valence-corrected chi connectivity index (χ0v) is 13.1. The first-order chi connectivity index (χ1) is 9.47. The largest absolute Gasteiger partial charge is 0.493 e. The van der Waals surface area contributed by atoms with Crippen molar-refractivity contribution < 1.29 is 17.9 Å². The summed E-state index contributed by atoms with van der Waals surface area (Å²) in [6.07, 6.45) is 1.45. The van der Waals surface area contributed by atoms with E-state index in [1.54, 1.807) is 0 Å². The third kappa shape index (κ3) is 2.88. The molecule has 1 aromatic heterocycles. The van der Waals surface area contributed by atoms with Crippen LogP contribution in [0.5, 0.6) is 11.5 Å². The van der Waals surface area contributed by atoms with Crippen molar-refractivity contribution >= 4 is 31.8 Å². The van der Waals surface area contributed by atoms with Gasteiger partial charge in [0.2, 0.25) is 0 Å². The quantitative estimate of drug-likeness (QED) is 0.849. The Morgan fingerprint density at radius 3 is 2.45 bits per heavy atom. The summed E-state index contributed by atoms with van der Waals surface area (Å²) in [5, 5.41) is 6.20. The number of ether oxygens (including phenoxy) is 2. The number of nitrogens with zero attached hydrogens (tertiary/aromatic N) is 1. The van der Waals surface area contributed by atoms with E-state index < -0.39 is 10.0 Å². The van der Waals surface area contributed by atoms with Crippen LogP contribution in [0.25, 0.3) is 0 Å². The molecule has 0 saturated carbocycles. The summed E-state index contributed by atoms with van der Waals surface area (Å²) in [7, 11) is -0.867. The second kappa shape index (κ2) is 5.71. The maximum Gasteiger partial charge on any atom is 0.264 e. The van der Waals surface area contributed by atoms with Crippen LogP contribution in [0.1, 0.15) is 0 Å². The van der Waals surface area contributed by atoms with Gasteiger partial charge in [0.05, 0.1) is 20.4 Å². The monoisotopic (exact) mass is 361 g/mol. The standard InChI is InChI=1S/C11H12BrN3O4S/c1-18-8-5-7(12)10(6-9(8)19-2)20(16,17)15-11-3-4-13-14-11/h3-6H,1-2H3,(H2,13,14,15). The molecule has 2 aromatic rings. The molecule has 0 unspecified atom stereocenters. The highest BCUT2D eigenvalue weighted by atomic mass is 79.9. The summed E-state index contributed by atoms with van der Waals surface area (Å²) < 4.78 is 37.5. The predicted molar refractivity (Wildman–Crippen MR) is 76.6 cm³/mol. The second-order valence-electron chi connectivity index (χ2n) is 3.71. The van der Waals surface area contributed by atoms with Gasteiger partial charge < -0.3 is 9.47 Å². The number of halogens is 1. The zero-order valence-electron chi connectivity index (χ0n) is 10.7. The minimum absolute atomic E-state index is 0.0322. The summed E-state index contributed by atoms with van der Waals surface area (Å²) in [6, 6.07) is 4.41. The first-order valence-electron chi connectivity index (χ1n) is 5.41. The number of rotatable bonds is 5. The van der Waals surface area contributed by atoms with Gasteiger partial charge in [0.1, 0.15) is 10.7 Å². The Labute approximate surface area is 124 Å². The minimum Gasteiger partial charge on any atom is -0.493 e. The average molecular weight is 362 g/mol. The Bertz CT molecular complexity index is 701. The molecule has 0 amide bonds. The lowest BCUT2D eigenvalue weighted by Gasteiger charge is -2.12. The molecule has 1 aromatic carbocycles. The summed E-state index contributed by atoms with van der Waals surface area (Å²) in [5.74, 6) is 1.02. The lowest BCUT2D eigenvalue weighted by atomic mass is 10.3. The van der Waals surface area contributed by atoms with Crippen molar-refractivity contribution in [2.45, 2.75) is 4.90 Å². The Balaban J connectivity index is 2.46. The van der Waals surface area contributed by atoms with E-state index in [9.17, 15) is 8.42 Å². The van der Waals surface area contributed by atoms with Crippen molar-refractivity contribution in [2.75, 3.05) is 18.9 Å². The van der Waals surface area contributed by atoms with Gasteiger partial charge in [-0.05, 0) is 22.0 Å². The van der Waals surface area contributed by atoms with E-state index in [0.717, 1.165) is 0 Å². The molecular weight excluding hydrogens is 350 g/mol. The van der Waals surface area contributed by atoms with Crippen LogP contribution < -0.4 is 14.2 Å². The molecule has 0 aliphatic rings. The average Bonchev–Trinajstić information content (AvgIpc) is 2.90. The Hall–Kier alpha value is -1.74. The molecule has 7 nitrogen and oxygen atoms in total. The van der Waals surface area contributed by atoms with Gasteiger partial charge in [-0.1, -0.05) is 0 Å². The normalized spacial score (nSPS) is 11.2. The molecule has 0 bridgehead atoms. The van der Waals surface area contributed by atoms with E-state index >= 15 is 0 Å². The van der Waals surface area contributed by atoms with Gasteiger partial charge >= 0.3 is 0 Å². The van der Waals surface area contributed by atoms with Crippen LogP contribution in [0.3, 0.4) is 0 Å². The number of H-pyrrole nitrogens is 1. The molecule has 0 aliphatic carbocycles. The predicted octanol–water partition coefficient (Wildman–Crippen LogP) is 1.99. The SMILES string of the molecule is COc1cc(Br)c(S(=O)(=O)Nc2ccn[nH]2)cc1OC. The van der Waals surface area contributed by atoms with Crippen molar-refractivity contribution in [3.05, 3.63) is 28.9 Å². The second-order valence-corrected chi connectivity index (χ2v) is 6.22. The van der Waals surface area contributed by atoms with Crippen molar-refractivity contribution in [1.82, 2.24) is 10.2 Å². The van der Waals surface area contributed by atoms with E-state index in [1.807, 2.05) is 0 Å². The highest BCUT2D eigenvalue weighted by molar-refractivity contribution is 9.10. The number of methoxy groups -OCH3 is 2. The van der Waals surface area contributed by atoms with Gasteiger partial charge in [0, 0.05) is 16.6 Å². The summed E-state index contributed by atoms with van der Waals surface area (Å²) in [4.78, 5) is 0.0322. The van der Waals surface area contributed by atoms with Crippen LogP contribution in [0.2, 0.25) is 0 Å². The molecule has 1 heterocycles. The molecule has 0 spiro atoms. The van der Waals surface area contributed by atoms with E-state index in [-0.39, 0.29) is 10.7 Å². The van der Waals surface area contributed by atoms with Crippen LogP contribution >= 0.6 is 15.9 Å². The summed E-state index contributed by atoms with van der Waals surface area (Å²) in [6.45, 7) is 0. The van der Waals surface area contributed by atoms with E-state index in [4.69, 9.17) is 9.47 Å². The van der Waals surface area contributed by atoms with E-state index in [0.29, 0.717) is 16.0 Å². The number of aromatic nitrogens is 2. The topological polar surface area (TPSA) is 93.3 Å². The Kier molecular flexibility index (Phi) is 4.19. The van der Waals surface area contributed by atoms with E-state index in [2.05, 4.69) is 30.8 Å². The third-order valence-electron chi connectivity index (χ3n) is 2.47. The molecule has 2 N–H and O–H groups in total. The molecular formula is C11H12BrN3O4S. The van der Waals surface area contributed by atoms with Gasteiger partial charge in [0.25, 0.3) is 10.0 Å². The molecule has 0 atom stereocenters. The summed E-state index contributed by atoms with van der Waals surface area (Å²) in [5.41, 5.74) is 0. The van der Waals surface area contributed by atoms with Crippen LogP contribution in [0, 0.1) is 0 Å². The number of hydrogen-bond acceptors (Lipinski definition) is 5. The Morgan fingerprint density at radius 1 is 1.25 bits per heavy atom.